The normalized spacial score (nSPS) is 23.8. The molecule has 1 aliphatic heterocycles. The second-order valence-electron chi connectivity index (χ2n) is 4.12. The molecule has 4 nitrogen and oxygen atoms in total. The van der Waals surface area contributed by atoms with Gasteiger partial charge in [-0.2, -0.15) is 0 Å². The molecule has 1 aromatic rings. The summed E-state index contributed by atoms with van der Waals surface area (Å²) in [5.41, 5.74) is 1.71. The minimum Gasteiger partial charge on any atom is -0.497 e. The minimum atomic E-state index is -0.0570. The van der Waals surface area contributed by atoms with Crippen LogP contribution in [0.15, 0.2) is 18.2 Å². The minimum absolute atomic E-state index is 0.0343. The molecular weight excluding hydrogens is 204 g/mol. The summed E-state index contributed by atoms with van der Waals surface area (Å²) in [5.74, 6) is 0.716. The van der Waals surface area contributed by atoms with E-state index in [2.05, 4.69) is 10.6 Å². The van der Waals surface area contributed by atoms with Crippen LogP contribution in [-0.4, -0.2) is 19.1 Å². The lowest BCUT2D eigenvalue weighted by Gasteiger charge is -2.16. The van der Waals surface area contributed by atoms with Crippen LogP contribution in [-0.2, 0) is 4.79 Å². The quantitative estimate of drug-likeness (QED) is 0.762. The number of fused-ring (bicyclic) bond motifs is 1. The Morgan fingerprint density at radius 3 is 2.69 bits per heavy atom. The Bertz CT molecular complexity index is 417. The van der Waals surface area contributed by atoms with Crippen LogP contribution in [0, 0.1) is 5.92 Å². The third-order valence-electron chi connectivity index (χ3n) is 3.03. The van der Waals surface area contributed by atoms with E-state index in [1.165, 1.54) is 0 Å². The van der Waals surface area contributed by atoms with E-state index in [0.717, 1.165) is 17.1 Å². The predicted molar refractivity (Wildman–Crippen MR) is 63.9 cm³/mol. The number of methoxy groups -OCH3 is 1. The third-order valence-corrected chi connectivity index (χ3v) is 3.03. The highest BCUT2D eigenvalue weighted by Crippen LogP contribution is 2.31. The summed E-state index contributed by atoms with van der Waals surface area (Å²) >= 11 is 0. The number of benzene rings is 1. The van der Waals surface area contributed by atoms with Crippen molar-refractivity contribution in [1.82, 2.24) is 0 Å². The lowest BCUT2D eigenvalue weighted by atomic mass is 10.0. The van der Waals surface area contributed by atoms with E-state index >= 15 is 0 Å². The first kappa shape index (κ1) is 10.8. The molecule has 0 bridgehead atoms. The molecule has 1 amide bonds. The van der Waals surface area contributed by atoms with Gasteiger partial charge in [-0.25, -0.2) is 0 Å². The van der Waals surface area contributed by atoms with Gasteiger partial charge in [-0.1, -0.05) is 6.92 Å². The van der Waals surface area contributed by atoms with Crippen molar-refractivity contribution < 1.29 is 9.53 Å². The molecule has 0 fully saturated rings. The van der Waals surface area contributed by atoms with Crippen LogP contribution in [0.2, 0.25) is 0 Å². The summed E-state index contributed by atoms with van der Waals surface area (Å²) in [6.07, 6.45) is 0. The Balaban J connectivity index is 2.39. The number of carbonyl (C=O) groups is 1. The zero-order valence-electron chi connectivity index (χ0n) is 9.70. The number of anilines is 2. The fourth-order valence-electron chi connectivity index (χ4n) is 1.72. The Morgan fingerprint density at radius 2 is 2.00 bits per heavy atom. The molecule has 2 N–H and O–H groups in total. The van der Waals surface area contributed by atoms with E-state index in [4.69, 9.17) is 4.74 Å². The summed E-state index contributed by atoms with van der Waals surface area (Å²) in [5, 5.41) is 6.21. The van der Waals surface area contributed by atoms with Gasteiger partial charge in [-0.3, -0.25) is 4.79 Å². The fraction of sp³-hybridized carbons (Fsp3) is 0.417. The van der Waals surface area contributed by atoms with Crippen LogP contribution in [0.1, 0.15) is 13.8 Å². The molecule has 4 heteroatoms. The smallest absolute Gasteiger partial charge is 0.229 e. The van der Waals surface area contributed by atoms with Crippen LogP contribution in [0.3, 0.4) is 0 Å². The van der Waals surface area contributed by atoms with Gasteiger partial charge in [0.25, 0.3) is 0 Å². The van der Waals surface area contributed by atoms with Gasteiger partial charge in [0.2, 0.25) is 5.91 Å². The van der Waals surface area contributed by atoms with Gasteiger partial charge in [0, 0.05) is 12.1 Å². The van der Waals surface area contributed by atoms with Crippen LogP contribution >= 0.6 is 0 Å². The summed E-state index contributed by atoms with van der Waals surface area (Å²) < 4.78 is 5.13. The van der Waals surface area contributed by atoms with E-state index in [1.807, 2.05) is 32.0 Å². The Morgan fingerprint density at radius 1 is 1.25 bits per heavy atom. The molecule has 1 heterocycles. The molecule has 2 atom stereocenters. The van der Waals surface area contributed by atoms with Crippen LogP contribution < -0.4 is 15.4 Å². The second-order valence-corrected chi connectivity index (χ2v) is 4.12. The van der Waals surface area contributed by atoms with E-state index in [0.29, 0.717) is 0 Å². The van der Waals surface area contributed by atoms with Gasteiger partial charge in [0.05, 0.1) is 24.4 Å². The van der Waals surface area contributed by atoms with Crippen LogP contribution in [0.4, 0.5) is 11.4 Å². The molecule has 0 saturated heterocycles. The highest BCUT2D eigenvalue weighted by Gasteiger charge is 2.25. The Kier molecular flexibility index (Phi) is 2.73. The number of rotatable bonds is 1. The summed E-state index contributed by atoms with van der Waals surface area (Å²) in [6.45, 7) is 3.92. The maximum Gasteiger partial charge on any atom is 0.229 e. The molecular formula is C12H16N2O2. The van der Waals surface area contributed by atoms with Crippen molar-refractivity contribution in [1.29, 1.82) is 0 Å². The fourth-order valence-corrected chi connectivity index (χ4v) is 1.72. The van der Waals surface area contributed by atoms with Gasteiger partial charge < -0.3 is 15.4 Å². The third kappa shape index (κ3) is 1.83. The van der Waals surface area contributed by atoms with Crippen molar-refractivity contribution >= 4 is 17.3 Å². The monoisotopic (exact) mass is 220 g/mol. The first-order valence-corrected chi connectivity index (χ1v) is 5.37. The predicted octanol–water partition coefficient (Wildman–Crippen LogP) is 2.08. The molecule has 1 aromatic carbocycles. The molecule has 0 aliphatic carbocycles. The maximum absolute atomic E-state index is 11.8. The van der Waals surface area contributed by atoms with E-state index < -0.39 is 0 Å². The zero-order chi connectivity index (χ0) is 11.7. The Labute approximate surface area is 95.0 Å². The topological polar surface area (TPSA) is 50.4 Å². The highest BCUT2D eigenvalue weighted by molar-refractivity contribution is 5.98. The molecule has 86 valence electrons. The van der Waals surface area contributed by atoms with Gasteiger partial charge in [0.1, 0.15) is 5.75 Å². The van der Waals surface area contributed by atoms with Gasteiger partial charge in [0.15, 0.2) is 0 Å². The average Bonchev–Trinajstić information content (AvgIpc) is 2.38. The van der Waals surface area contributed by atoms with Crippen molar-refractivity contribution in [3.05, 3.63) is 18.2 Å². The average molecular weight is 220 g/mol. The molecule has 0 saturated carbocycles. The number of hydrogen-bond acceptors (Lipinski definition) is 3. The molecule has 2 unspecified atom stereocenters. The van der Waals surface area contributed by atoms with E-state index in [1.54, 1.807) is 7.11 Å². The molecule has 1 aliphatic rings. The maximum atomic E-state index is 11.8. The molecule has 0 radical (unpaired) electrons. The SMILES string of the molecule is COc1ccc2c(c1)NC(=O)C(C)C(C)N2. The molecule has 2 rings (SSSR count). The number of amides is 1. The van der Waals surface area contributed by atoms with Gasteiger partial charge >= 0.3 is 0 Å². The standard InChI is InChI=1S/C12H16N2O2/c1-7-8(2)13-10-5-4-9(16-3)6-11(10)14-12(7)15/h4-8,13H,1-3H3,(H,14,15). The first-order chi connectivity index (χ1) is 7.61. The van der Waals surface area contributed by atoms with Crippen LogP contribution in [0.25, 0.3) is 0 Å². The second kappa shape index (κ2) is 4.04. The van der Waals surface area contributed by atoms with Crippen molar-refractivity contribution in [2.75, 3.05) is 17.7 Å². The zero-order valence-corrected chi connectivity index (χ0v) is 9.70. The highest BCUT2D eigenvalue weighted by atomic mass is 16.5. The van der Waals surface area contributed by atoms with Crippen molar-refractivity contribution in [2.24, 2.45) is 5.92 Å². The number of ether oxygens (including phenoxy) is 1. The molecule has 16 heavy (non-hydrogen) atoms. The summed E-state index contributed by atoms with van der Waals surface area (Å²) in [7, 11) is 1.61. The van der Waals surface area contributed by atoms with Crippen molar-refractivity contribution in [3.8, 4) is 5.75 Å². The van der Waals surface area contributed by atoms with Gasteiger partial charge in [-0.05, 0) is 19.1 Å². The van der Waals surface area contributed by atoms with E-state index in [-0.39, 0.29) is 17.9 Å². The van der Waals surface area contributed by atoms with Crippen molar-refractivity contribution in [2.45, 2.75) is 19.9 Å². The van der Waals surface area contributed by atoms with Crippen molar-refractivity contribution in [3.63, 3.8) is 0 Å². The largest absolute Gasteiger partial charge is 0.497 e. The van der Waals surface area contributed by atoms with Crippen LogP contribution in [0.5, 0.6) is 5.75 Å². The van der Waals surface area contributed by atoms with Gasteiger partial charge in [-0.15, -0.1) is 0 Å². The Hall–Kier alpha value is -1.71. The number of hydrogen-bond donors (Lipinski definition) is 2. The summed E-state index contributed by atoms with van der Waals surface area (Å²) in [4.78, 5) is 11.8. The van der Waals surface area contributed by atoms with E-state index in [9.17, 15) is 4.79 Å². The molecule has 0 aromatic heterocycles. The lowest BCUT2D eigenvalue weighted by Crippen LogP contribution is -2.30. The molecule has 0 spiro atoms. The lowest BCUT2D eigenvalue weighted by molar-refractivity contribution is -0.119. The first-order valence-electron chi connectivity index (χ1n) is 5.37. The number of carbonyl (C=O) groups excluding carboxylic acids is 1. The summed E-state index contributed by atoms with van der Waals surface area (Å²) in [6, 6.07) is 5.74. The number of nitrogens with one attached hydrogen (secondary N) is 2.